The number of nitrogens with zero attached hydrogens (tertiary/aromatic N) is 2. The Bertz CT molecular complexity index is 699. The number of H-pyrrole nitrogens is 1. The van der Waals surface area contributed by atoms with Crippen molar-refractivity contribution >= 4 is 5.91 Å². The van der Waals surface area contributed by atoms with Crippen LogP contribution in [0.15, 0.2) is 24.3 Å². The number of aromatic amines is 1. The number of carbonyl (C=O) groups excluding carboxylic acids is 1. The maximum atomic E-state index is 13.1. The van der Waals surface area contributed by atoms with Gasteiger partial charge in [-0.1, -0.05) is 0 Å². The summed E-state index contributed by atoms with van der Waals surface area (Å²) in [5.74, 6) is -0.240. The first-order chi connectivity index (χ1) is 11.0. The molecule has 1 fully saturated rings. The Kier molecular flexibility index (Phi) is 4.29. The van der Waals surface area contributed by atoms with Gasteiger partial charge in [0.05, 0.1) is 6.61 Å². The van der Waals surface area contributed by atoms with E-state index in [1.807, 2.05) is 0 Å². The van der Waals surface area contributed by atoms with Crippen LogP contribution in [0.2, 0.25) is 0 Å². The molecule has 0 radical (unpaired) electrons. The largest absolute Gasteiger partial charge is 0.488 e. The molecule has 6 nitrogen and oxygen atoms in total. The summed E-state index contributed by atoms with van der Waals surface area (Å²) in [7, 11) is 2.07. The molecular weight excluding hydrogens is 299 g/mol. The fraction of sp³-hybridized carbons (Fsp3) is 0.375. The van der Waals surface area contributed by atoms with E-state index in [-0.39, 0.29) is 11.5 Å². The van der Waals surface area contributed by atoms with Gasteiger partial charge in [-0.3, -0.25) is 9.89 Å². The fourth-order valence-electron chi connectivity index (χ4n) is 2.81. The van der Waals surface area contributed by atoms with E-state index in [9.17, 15) is 9.18 Å². The molecule has 0 saturated carbocycles. The van der Waals surface area contributed by atoms with Gasteiger partial charge in [0, 0.05) is 18.0 Å². The minimum Gasteiger partial charge on any atom is -0.488 e. The SMILES string of the molecule is CN1CCC(COc2c(-c3ccc(F)cc3)n[nH]c2C(N)=O)C1. The van der Waals surface area contributed by atoms with Gasteiger partial charge in [-0.2, -0.15) is 5.10 Å². The third kappa shape index (κ3) is 3.34. The summed E-state index contributed by atoms with van der Waals surface area (Å²) in [6.45, 7) is 2.47. The number of halogens is 1. The second kappa shape index (κ2) is 6.37. The van der Waals surface area contributed by atoms with Crippen LogP contribution in [-0.2, 0) is 0 Å². The lowest BCUT2D eigenvalue weighted by Gasteiger charge is -2.13. The number of likely N-dealkylation sites (tertiary alicyclic amines) is 1. The van der Waals surface area contributed by atoms with Crippen molar-refractivity contribution in [2.24, 2.45) is 11.7 Å². The summed E-state index contributed by atoms with van der Waals surface area (Å²) in [5.41, 5.74) is 6.64. The summed E-state index contributed by atoms with van der Waals surface area (Å²) in [4.78, 5) is 13.8. The molecule has 2 aromatic rings. The van der Waals surface area contributed by atoms with E-state index in [0.717, 1.165) is 19.5 Å². The Morgan fingerprint density at radius 3 is 2.83 bits per heavy atom. The highest BCUT2D eigenvalue weighted by Gasteiger charge is 2.24. The van der Waals surface area contributed by atoms with E-state index in [4.69, 9.17) is 10.5 Å². The molecule has 1 aliphatic heterocycles. The van der Waals surface area contributed by atoms with Gasteiger partial charge >= 0.3 is 0 Å². The molecular formula is C16H19FN4O2. The standard InChI is InChI=1S/C16H19FN4O2/c1-21-7-6-10(8-21)9-23-15-13(19-20-14(15)16(18)22)11-2-4-12(17)5-3-11/h2-5,10H,6-9H2,1H3,(H2,18,22)(H,19,20). The van der Waals surface area contributed by atoms with Crippen molar-refractivity contribution in [2.75, 3.05) is 26.7 Å². The van der Waals surface area contributed by atoms with Crippen LogP contribution in [0, 0.1) is 11.7 Å². The zero-order valence-corrected chi connectivity index (χ0v) is 12.9. The van der Waals surface area contributed by atoms with E-state index >= 15 is 0 Å². The number of primary amides is 1. The topological polar surface area (TPSA) is 84.2 Å². The molecule has 1 aromatic heterocycles. The molecule has 2 heterocycles. The number of nitrogens with two attached hydrogens (primary N) is 1. The molecule has 3 rings (SSSR count). The Labute approximate surface area is 133 Å². The fourth-order valence-corrected chi connectivity index (χ4v) is 2.81. The van der Waals surface area contributed by atoms with E-state index < -0.39 is 5.91 Å². The Morgan fingerprint density at radius 2 is 2.22 bits per heavy atom. The Balaban J connectivity index is 1.85. The van der Waals surface area contributed by atoms with Crippen molar-refractivity contribution in [3.63, 3.8) is 0 Å². The summed E-state index contributed by atoms with van der Waals surface area (Å²) < 4.78 is 19.0. The lowest BCUT2D eigenvalue weighted by atomic mass is 10.1. The number of aromatic nitrogens is 2. The zero-order valence-electron chi connectivity index (χ0n) is 12.9. The normalized spacial score (nSPS) is 18.3. The van der Waals surface area contributed by atoms with Crippen LogP contribution in [-0.4, -0.2) is 47.7 Å². The predicted octanol–water partition coefficient (Wildman–Crippen LogP) is 1.65. The molecule has 23 heavy (non-hydrogen) atoms. The monoisotopic (exact) mass is 318 g/mol. The van der Waals surface area contributed by atoms with Crippen molar-refractivity contribution < 1.29 is 13.9 Å². The maximum Gasteiger partial charge on any atom is 0.270 e. The summed E-state index contributed by atoms with van der Waals surface area (Å²) in [5, 5.41) is 6.73. The van der Waals surface area contributed by atoms with Crippen LogP contribution in [0.1, 0.15) is 16.9 Å². The minimum atomic E-state index is -0.635. The minimum absolute atomic E-state index is 0.135. The van der Waals surface area contributed by atoms with Gasteiger partial charge in [-0.15, -0.1) is 0 Å². The first-order valence-electron chi connectivity index (χ1n) is 7.50. The van der Waals surface area contributed by atoms with Crippen LogP contribution in [0.4, 0.5) is 4.39 Å². The Morgan fingerprint density at radius 1 is 1.48 bits per heavy atom. The van der Waals surface area contributed by atoms with Gasteiger partial charge in [0.1, 0.15) is 11.5 Å². The van der Waals surface area contributed by atoms with Gasteiger partial charge in [0.15, 0.2) is 11.4 Å². The van der Waals surface area contributed by atoms with Crippen molar-refractivity contribution in [2.45, 2.75) is 6.42 Å². The maximum absolute atomic E-state index is 13.1. The van der Waals surface area contributed by atoms with Crippen LogP contribution >= 0.6 is 0 Å². The van der Waals surface area contributed by atoms with Crippen LogP contribution in [0.3, 0.4) is 0 Å². The number of ether oxygens (including phenoxy) is 1. The Hall–Kier alpha value is -2.41. The molecule has 3 N–H and O–H groups in total. The molecule has 0 spiro atoms. The first kappa shape index (κ1) is 15.5. The van der Waals surface area contributed by atoms with E-state index in [1.54, 1.807) is 12.1 Å². The predicted molar refractivity (Wildman–Crippen MR) is 83.6 cm³/mol. The van der Waals surface area contributed by atoms with Crippen LogP contribution in [0.25, 0.3) is 11.3 Å². The number of carbonyl (C=O) groups is 1. The van der Waals surface area contributed by atoms with Crippen LogP contribution < -0.4 is 10.5 Å². The van der Waals surface area contributed by atoms with Gasteiger partial charge < -0.3 is 15.4 Å². The van der Waals surface area contributed by atoms with Gasteiger partial charge in [-0.25, -0.2) is 4.39 Å². The molecule has 1 saturated heterocycles. The highest BCUT2D eigenvalue weighted by atomic mass is 19.1. The number of benzene rings is 1. The number of nitrogens with one attached hydrogen (secondary N) is 1. The molecule has 0 aliphatic carbocycles. The molecule has 1 amide bonds. The van der Waals surface area contributed by atoms with E-state index in [2.05, 4.69) is 22.1 Å². The number of hydrogen-bond donors (Lipinski definition) is 2. The van der Waals surface area contributed by atoms with Crippen LogP contribution in [0.5, 0.6) is 5.75 Å². The highest BCUT2D eigenvalue weighted by molar-refractivity contribution is 5.96. The lowest BCUT2D eigenvalue weighted by Crippen LogP contribution is -2.19. The summed E-state index contributed by atoms with van der Waals surface area (Å²) in [6.07, 6.45) is 1.05. The molecule has 7 heteroatoms. The van der Waals surface area contributed by atoms with Gasteiger partial charge in [-0.05, 0) is 44.3 Å². The average Bonchev–Trinajstić information content (AvgIpc) is 3.12. The summed E-state index contributed by atoms with van der Waals surface area (Å²) >= 11 is 0. The van der Waals surface area contributed by atoms with Crippen molar-refractivity contribution in [1.29, 1.82) is 0 Å². The molecule has 122 valence electrons. The molecule has 1 aromatic carbocycles. The van der Waals surface area contributed by atoms with E-state index in [1.165, 1.54) is 12.1 Å². The zero-order chi connectivity index (χ0) is 16.4. The average molecular weight is 318 g/mol. The first-order valence-corrected chi connectivity index (χ1v) is 7.50. The third-order valence-corrected chi connectivity index (χ3v) is 4.04. The molecule has 1 unspecified atom stereocenters. The number of hydrogen-bond acceptors (Lipinski definition) is 4. The molecule has 1 aliphatic rings. The van der Waals surface area contributed by atoms with Crippen molar-refractivity contribution in [3.8, 4) is 17.0 Å². The quantitative estimate of drug-likeness (QED) is 0.878. The highest BCUT2D eigenvalue weighted by Crippen LogP contribution is 2.32. The molecule has 1 atom stereocenters. The molecule has 0 bridgehead atoms. The smallest absolute Gasteiger partial charge is 0.270 e. The summed E-state index contributed by atoms with van der Waals surface area (Å²) in [6, 6.07) is 5.85. The lowest BCUT2D eigenvalue weighted by molar-refractivity contribution is 0.0990. The van der Waals surface area contributed by atoms with Crippen molar-refractivity contribution in [1.82, 2.24) is 15.1 Å². The van der Waals surface area contributed by atoms with E-state index in [0.29, 0.717) is 29.5 Å². The number of rotatable bonds is 5. The van der Waals surface area contributed by atoms with Gasteiger partial charge in [0.2, 0.25) is 0 Å². The number of amides is 1. The third-order valence-electron chi connectivity index (χ3n) is 4.04. The van der Waals surface area contributed by atoms with Crippen molar-refractivity contribution in [3.05, 3.63) is 35.8 Å². The second-order valence-electron chi connectivity index (χ2n) is 5.88. The van der Waals surface area contributed by atoms with Gasteiger partial charge in [0.25, 0.3) is 5.91 Å². The second-order valence-corrected chi connectivity index (χ2v) is 5.88.